The molecule has 1 aliphatic rings. The summed E-state index contributed by atoms with van der Waals surface area (Å²) in [4.78, 5) is 26.6. The van der Waals surface area contributed by atoms with E-state index >= 15 is 0 Å². The fraction of sp³-hybridized carbons (Fsp3) is 0.400. The van der Waals surface area contributed by atoms with Gasteiger partial charge in [0.05, 0.1) is 18.1 Å². The number of hydrazine groups is 1. The van der Waals surface area contributed by atoms with Crippen LogP contribution in [-0.2, 0) is 12.8 Å². The molecule has 27 heavy (non-hydrogen) atoms. The number of fused-ring (bicyclic) bond motifs is 1. The van der Waals surface area contributed by atoms with Gasteiger partial charge in [-0.3, -0.25) is 20.4 Å². The van der Waals surface area contributed by atoms with Crippen molar-refractivity contribution in [2.75, 3.05) is 7.11 Å². The van der Waals surface area contributed by atoms with Crippen LogP contribution in [0.25, 0.3) is 0 Å². The lowest BCUT2D eigenvalue weighted by molar-refractivity contribution is 0.0848. The van der Waals surface area contributed by atoms with E-state index in [2.05, 4.69) is 10.9 Å². The second-order valence-electron chi connectivity index (χ2n) is 6.71. The molecule has 0 radical (unpaired) electrons. The lowest BCUT2D eigenvalue weighted by Crippen LogP contribution is -2.41. The SMILES string of the molecule is COc1cc(C(=O)NNC(=O)c2cc3c(s2)CCCC3)ccc1OC(C)C. The van der Waals surface area contributed by atoms with E-state index in [1.165, 1.54) is 41.7 Å². The van der Waals surface area contributed by atoms with Gasteiger partial charge >= 0.3 is 0 Å². The lowest BCUT2D eigenvalue weighted by Gasteiger charge is -2.14. The van der Waals surface area contributed by atoms with Gasteiger partial charge in [0.1, 0.15) is 0 Å². The second-order valence-corrected chi connectivity index (χ2v) is 7.84. The molecule has 7 heteroatoms. The Balaban J connectivity index is 1.63. The van der Waals surface area contributed by atoms with Gasteiger partial charge in [-0.05, 0) is 69.4 Å². The van der Waals surface area contributed by atoms with Crippen LogP contribution in [-0.4, -0.2) is 25.0 Å². The first-order valence-corrected chi connectivity index (χ1v) is 9.86. The Morgan fingerprint density at radius 1 is 1.04 bits per heavy atom. The van der Waals surface area contributed by atoms with Gasteiger partial charge in [-0.25, -0.2) is 0 Å². The van der Waals surface area contributed by atoms with Crippen LogP contribution in [0.2, 0.25) is 0 Å². The second kappa shape index (κ2) is 8.43. The van der Waals surface area contributed by atoms with E-state index in [4.69, 9.17) is 9.47 Å². The highest BCUT2D eigenvalue weighted by molar-refractivity contribution is 7.14. The first-order valence-electron chi connectivity index (χ1n) is 9.05. The van der Waals surface area contributed by atoms with E-state index in [9.17, 15) is 9.59 Å². The topological polar surface area (TPSA) is 76.7 Å². The standard InChI is InChI=1S/C20H24N2O4S/c1-12(2)26-15-9-8-14(10-16(15)25-3)19(23)21-22-20(24)18-11-13-6-4-5-7-17(13)27-18/h8-12H,4-7H2,1-3H3,(H,21,23)(H,22,24). The van der Waals surface area contributed by atoms with Gasteiger partial charge in [0.2, 0.25) is 0 Å². The molecular formula is C20H24N2O4S. The molecule has 0 fully saturated rings. The van der Waals surface area contributed by atoms with Crippen LogP contribution in [0.15, 0.2) is 24.3 Å². The molecule has 0 aliphatic heterocycles. The molecule has 0 spiro atoms. The van der Waals surface area contributed by atoms with E-state index < -0.39 is 5.91 Å². The third kappa shape index (κ3) is 4.60. The van der Waals surface area contributed by atoms with E-state index in [0.717, 1.165) is 12.8 Å². The van der Waals surface area contributed by atoms with Crippen molar-refractivity contribution in [1.82, 2.24) is 10.9 Å². The third-order valence-electron chi connectivity index (χ3n) is 4.30. The zero-order chi connectivity index (χ0) is 19.4. The number of benzene rings is 1. The molecule has 3 rings (SSSR count). The number of hydrogen-bond donors (Lipinski definition) is 2. The Hall–Kier alpha value is -2.54. The molecule has 0 saturated heterocycles. The number of amides is 2. The summed E-state index contributed by atoms with van der Waals surface area (Å²) in [6.45, 7) is 3.83. The number of carbonyl (C=O) groups is 2. The van der Waals surface area contributed by atoms with Crippen molar-refractivity contribution in [2.24, 2.45) is 0 Å². The van der Waals surface area contributed by atoms with Crippen molar-refractivity contribution in [1.29, 1.82) is 0 Å². The summed E-state index contributed by atoms with van der Waals surface area (Å²) in [6, 6.07) is 6.83. The van der Waals surface area contributed by atoms with Crippen molar-refractivity contribution in [2.45, 2.75) is 45.6 Å². The van der Waals surface area contributed by atoms with E-state index in [1.54, 1.807) is 18.2 Å². The van der Waals surface area contributed by atoms with Gasteiger partial charge in [-0.15, -0.1) is 11.3 Å². The normalized spacial score (nSPS) is 13.0. The zero-order valence-electron chi connectivity index (χ0n) is 15.8. The van der Waals surface area contributed by atoms with Crippen molar-refractivity contribution in [3.8, 4) is 11.5 Å². The molecular weight excluding hydrogens is 364 g/mol. The summed E-state index contributed by atoms with van der Waals surface area (Å²) in [5.41, 5.74) is 6.58. The van der Waals surface area contributed by atoms with Gasteiger partial charge in [0, 0.05) is 10.4 Å². The minimum absolute atomic E-state index is 0.00511. The predicted molar refractivity (Wildman–Crippen MR) is 105 cm³/mol. The highest BCUT2D eigenvalue weighted by Gasteiger charge is 2.18. The maximum Gasteiger partial charge on any atom is 0.279 e. The number of thiophene rings is 1. The van der Waals surface area contributed by atoms with Gasteiger partial charge in [0.25, 0.3) is 11.8 Å². The summed E-state index contributed by atoms with van der Waals surface area (Å²) in [7, 11) is 1.52. The summed E-state index contributed by atoms with van der Waals surface area (Å²) >= 11 is 1.50. The molecule has 2 aromatic rings. The number of hydrogen-bond acceptors (Lipinski definition) is 5. The quantitative estimate of drug-likeness (QED) is 0.769. The molecule has 1 heterocycles. The minimum Gasteiger partial charge on any atom is -0.493 e. The van der Waals surface area contributed by atoms with Gasteiger partial charge in [-0.1, -0.05) is 0 Å². The monoisotopic (exact) mass is 388 g/mol. The fourth-order valence-corrected chi connectivity index (χ4v) is 4.16. The molecule has 1 aromatic carbocycles. The molecule has 144 valence electrons. The highest BCUT2D eigenvalue weighted by Crippen LogP contribution is 2.30. The molecule has 0 bridgehead atoms. The molecule has 1 aromatic heterocycles. The zero-order valence-corrected chi connectivity index (χ0v) is 16.6. The first-order chi connectivity index (χ1) is 13.0. The maximum absolute atomic E-state index is 12.4. The molecule has 0 saturated carbocycles. The Bertz CT molecular complexity index is 821. The summed E-state index contributed by atoms with van der Waals surface area (Å²) in [6.07, 6.45) is 4.39. The van der Waals surface area contributed by atoms with Crippen molar-refractivity contribution < 1.29 is 19.1 Å². The molecule has 0 unspecified atom stereocenters. The Labute approximate surface area is 162 Å². The largest absolute Gasteiger partial charge is 0.493 e. The third-order valence-corrected chi connectivity index (χ3v) is 5.53. The van der Waals surface area contributed by atoms with E-state index in [0.29, 0.717) is 21.9 Å². The number of aryl methyl sites for hydroxylation is 2. The first kappa shape index (κ1) is 19.2. The number of nitrogens with one attached hydrogen (secondary N) is 2. The molecule has 1 aliphatic carbocycles. The highest BCUT2D eigenvalue weighted by atomic mass is 32.1. The van der Waals surface area contributed by atoms with Crippen LogP contribution in [0.5, 0.6) is 11.5 Å². The summed E-state index contributed by atoms with van der Waals surface area (Å²) in [5.74, 6) is 0.319. The van der Waals surface area contributed by atoms with Crippen LogP contribution in [0, 0.1) is 0 Å². The van der Waals surface area contributed by atoms with Gasteiger partial charge < -0.3 is 9.47 Å². The Morgan fingerprint density at radius 3 is 2.48 bits per heavy atom. The van der Waals surface area contributed by atoms with Gasteiger partial charge in [0.15, 0.2) is 11.5 Å². The van der Waals surface area contributed by atoms with E-state index in [-0.39, 0.29) is 12.0 Å². The van der Waals surface area contributed by atoms with Gasteiger partial charge in [-0.2, -0.15) is 0 Å². The number of ether oxygens (including phenoxy) is 2. The summed E-state index contributed by atoms with van der Waals surface area (Å²) in [5, 5.41) is 0. The lowest BCUT2D eigenvalue weighted by atomic mass is 9.99. The predicted octanol–water partition coefficient (Wildman–Crippen LogP) is 3.50. The van der Waals surface area contributed by atoms with Crippen LogP contribution in [0.4, 0.5) is 0 Å². The number of methoxy groups -OCH3 is 1. The fourth-order valence-electron chi connectivity index (χ4n) is 3.01. The maximum atomic E-state index is 12.4. The molecule has 0 atom stereocenters. The smallest absolute Gasteiger partial charge is 0.279 e. The van der Waals surface area contributed by atoms with Crippen LogP contribution in [0.3, 0.4) is 0 Å². The summed E-state index contributed by atoms with van der Waals surface area (Å²) < 4.78 is 10.9. The Morgan fingerprint density at radius 2 is 1.78 bits per heavy atom. The van der Waals surface area contributed by atoms with Crippen molar-refractivity contribution in [3.05, 3.63) is 45.1 Å². The minimum atomic E-state index is -0.418. The van der Waals surface area contributed by atoms with Crippen molar-refractivity contribution in [3.63, 3.8) is 0 Å². The molecule has 6 nitrogen and oxygen atoms in total. The van der Waals surface area contributed by atoms with Crippen LogP contribution < -0.4 is 20.3 Å². The average Bonchev–Trinajstić information content (AvgIpc) is 3.10. The van der Waals surface area contributed by atoms with Crippen LogP contribution in [0.1, 0.15) is 57.2 Å². The average molecular weight is 388 g/mol. The molecule has 2 amide bonds. The number of rotatable bonds is 5. The number of carbonyl (C=O) groups excluding carboxylic acids is 2. The van der Waals surface area contributed by atoms with E-state index in [1.807, 2.05) is 19.9 Å². The van der Waals surface area contributed by atoms with Crippen LogP contribution >= 0.6 is 11.3 Å². The van der Waals surface area contributed by atoms with Crippen molar-refractivity contribution >= 4 is 23.2 Å². The molecule has 2 N–H and O–H groups in total. The Kier molecular flexibility index (Phi) is 6.01.